The lowest BCUT2D eigenvalue weighted by molar-refractivity contribution is 1.19. The Morgan fingerprint density at radius 3 is 2.40 bits per heavy atom. The molecule has 0 bridgehead atoms. The largest absolute Gasteiger partial charge is 0.384 e. The quantitative estimate of drug-likeness (QED) is 0.770. The molecule has 20 heavy (non-hydrogen) atoms. The summed E-state index contributed by atoms with van der Waals surface area (Å²) in [4.78, 5) is 11.5. The van der Waals surface area contributed by atoms with Crippen molar-refractivity contribution < 1.29 is 0 Å². The number of aryl methyl sites for hydroxylation is 2. The Kier molecular flexibility index (Phi) is 3.24. The zero-order chi connectivity index (χ0) is 14.1. The van der Waals surface area contributed by atoms with Crippen LogP contribution in [0.15, 0.2) is 42.5 Å². The lowest BCUT2D eigenvalue weighted by Crippen LogP contribution is -1.98. The van der Waals surface area contributed by atoms with Crippen molar-refractivity contribution in [1.82, 2.24) is 9.97 Å². The van der Waals surface area contributed by atoms with Gasteiger partial charge in [-0.1, -0.05) is 30.3 Å². The van der Waals surface area contributed by atoms with Crippen LogP contribution in [-0.2, 0) is 0 Å². The third-order valence-corrected chi connectivity index (χ3v) is 4.06. The number of nitrogen functional groups attached to an aromatic ring is 1. The van der Waals surface area contributed by atoms with Gasteiger partial charge in [-0.3, -0.25) is 0 Å². The molecule has 0 spiro atoms. The lowest BCUT2D eigenvalue weighted by Gasteiger charge is -2.05. The van der Waals surface area contributed by atoms with Crippen LogP contribution in [0, 0.1) is 13.8 Å². The van der Waals surface area contributed by atoms with Crippen LogP contribution in [0.3, 0.4) is 0 Å². The molecule has 0 saturated heterocycles. The average molecular weight is 281 g/mol. The van der Waals surface area contributed by atoms with E-state index in [9.17, 15) is 0 Å². The van der Waals surface area contributed by atoms with Gasteiger partial charge in [0.25, 0.3) is 0 Å². The molecule has 0 saturated carbocycles. The van der Waals surface area contributed by atoms with Crippen molar-refractivity contribution in [3.8, 4) is 22.6 Å². The maximum absolute atomic E-state index is 5.94. The summed E-state index contributed by atoms with van der Waals surface area (Å²) in [5.74, 6) is 1.20. The van der Waals surface area contributed by atoms with E-state index in [-0.39, 0.29) is 0 Å². The molecule has 0 aliphatic rings. The molecule has 0 unspecified atom stereocenters. The number of hydrogen-bond acceptors (Lipinski definition) is 4. The molecule has 100 valence electrons. The maximum atomic E-state index is 5.94. The van der Waals surface area contributed by atoms with E-state index in [1.54, 1.807) is 11.3 Å². The Balaban J connectivity index is 2.14. The van der Waals surface area contributed by atoms with Crippen LogP contribution in [0.5, 0.6) is 0 Å². The van der Waals surface area contributed by atoms with E-state index in [0.717, 1.165) is 16.8 Å². The highest BCUT2D eigenvalue weighted by molar-refractivity contribution is 7.12. The highest BCUT2D eigenvalue weighted by Gasteiger charge is 2.11. The van der Waals surface area contributed by atoms with Crippen molar-refractivity contribution in [1.29, 1.82) is 0 Å². The SMILES string of the molecule is Cc1cc(-c2nc(N)cc(-c3ccccc3)n2)c(C)s1. The lowest BCUT2D eigenvalue weighted by atomic mass is 10.1. The second-order valence-corrected chi connectivity index (χ2v) is 6.16. The van der Waals surface area contributed by atoms with E-state index in [4.69, 9.17) is 5.73 Å². The third kappa shape index (κ3) is 2.42. The molecule has 0 amide bonds. The first-order valence-electron chi connectivity index (χ1n) is 6.41. The van der Waals surface area contributed by atoms with Gasteiger partial charge in [-0.15, -0.1) is 11.3 Å². The predicted octanol–water partition coefficient (Wildman–Crippen LogP) is 4.07. The molecule has 2 N–H and O–H groups in total. The van der Waals surface area contributed by atoms with Crippen LogP contribution in [0.25, 0.3) is 22.6 Å². The number of nitrogens with two attached hydrogens (primary N) is 1. The number of benzene rings is 1. The van der Waals surface area contributed by atoms with E-state index in [1.165, 1.54) is 9.75 Å². The second kappa shape index (κ2) is 5.06. The van der Waals surface area contributed by atoms with Crippen molar-refractivity contribution in [3.63, 3.8) is 0 Å². The highest BCUT2D eigenvalue weighted by Crippen LogP contribution is 2.30. The van der Waals surface area contributed by atoms with E-state index in [2.05, 4.69) is 29.9 Å². The topological polar surface area (TPSA) is 51.8 Å². The summed E-state index contributed by atoms with van der Waals surface area (Å²) in [6.07, 6.45) is 0. The zero-order valence-corrected chi connectivity index (χ0v) is 12.2. The molecule has 0 fully saturated rings. The van der Waals surface area contributed by atoms with Crippen LogP contribution < -0.4 is 5.73 Å². The monoisotopic (exact) mass is 281 g/mol. The van der Waals surface area contributed by atoms with Gasteiger partial charge in [0.15, 0.2) is 5.82 Å². The van der Waals surface area contributed by atoms with Gasteiger partial charge in [0.2, 0.25) is 0 Å². The Morgan fingerprint density at radius 1 is 1.00 bits per heavy atom. The molecule has 2 heterocycles. The highest BCUT2D eigenvalue weighted by atomic mass is 32.1. The van der Waals surface area contributed by atoms with E-state index < -0.39 is 0 Å². The molecule has 0 aliphatic heterocycles. The van der Waals surface area contributed by atoms with Gasteiger partial charge in [0.1, 0.15) is 5.82 Å². The molecule has 3 nitrogen and oxygen atoms in total. The molecule has 0 radical (unpaired) electrons. The number of rotatable bonds is 2. The molecule has 0 atom stereocenters. The van der Waals surface area contributed by atoms with Crippen molar-refractivity contribution >= 4 is 17.2 Å². The first-order valence-corrected chi connectivity index (χ1v) is 7.22. The van der Waals surface area contributed by atoms with Crippen LogP contribution in [0.2, 0.25) is 0 Å². The van der Waals surface area contributed by atoms with Crippen LogP contribution >= 0.6 is 11.3 Å². The van der Waals surface area contributed by atoms with E-state index >= 15 is 0 Å². The Labute approximate surface area is 122 Å². The summed E-state index contributed by atoms with van der Waals surface area (Å²) >= 11 is 1.75. The Hall–Kier alpha value is -2.20. The number of anilines is 1. The van der Waals surface area contributed by atoms with Gasteiger partial charge in [-0.05, 0) is 19.9 Å². The van der Waals surface area contributed by atoms with Crippen molar-refractivity contribution in [2.24, 2.45) is 0 Å². The molecule has 3 aromatic rings. The van der Waals surface area contributed by atoms with Crippen molar-refractivity contribution in [2.45, 2.75) is 13.8 Å². The standard InChI is InChI=1S/C16H15N3S/c1-10-8-13(11(2)20-10)16-18-14(9-15(17)19-16)12-6-4-3-5-7-12/h3-9H,1-2H3,(H2,17,18,19). The minimum atomic E-state index is 0.497. The molecule has 1 aromatic carbocycles. The summed E-state index contributed by atoms with van der Waals surface area (Å²) in [5.41, 5.74) is 8.92. The fraction of sp³-hybridized carbons (Fsp3) is 0.125. The number of aromatic nitrogens is 2. The normalized spacial score (nSPS) is 10.7. The van der Waals surface area contributed by atoms with Gasteiger partial charge in [0.05, 0.1) is 5.69 Å². The van der Waals surface area contributed by atoms with Gasteiger partial charge >= 0.3 is 0 Å². The van der Waals surface area contributed by atoms with Crippen LogP contribution in [-0.4, -0.2) is 9.97 Å². The molecule has 3 rings (SSSR count). The molecular weight excluding hydrogens is 266 g/mol. The van der Waals surface area contributed by atoms with Gasteiger partial charge < -0.3 is 5.73 Å². The number of hydrogen-bond donors (Lipinski definition) is 1. The van der Waals surface area contributed by atoms with Crippen molar-refractivity contribution in [2.75, 3.05) is 5.73 Å². The first kappa shape index (κ1) is 12.8. The fourth-order valence-corrected chi connectivity index (χ4v) is 3.12. The second-order valence-electron chi connectivity index (χ2n) is 4.69. The Morgan fingerprint density at radius 2 is 1.75 bits per heavy atom. The maximum Gasteiger partial charge on any atom is 0.163 e. The molecule has 4 heteroatoms. The zero-order valence-electron chi connectivity index (χ0n) is 11.4. The fourth-order valence-electron chi connectivity index (χ4n) is 2.20. The predicted molar refractivity (Wildman–Crippen MR) is 84.7 cm³/mol. The number of thiophene rings is 1. The van der Waals surface area contributed by atoms with E-state index in [0.29, 0.717) is 11.6 Å². The first-order chi connectivity index (χ1) is 9.63. The average Bonchev–Trinajstić information content (AvgIpc) is 2.78. The van der Waals surface area contributed by atoms with Crippen molar-refractivity contribution in [3.05, 3.63) is 52.2 Å². The van der Waals surface area contributed by atoms with Gasteiger partial charge in [-0.2, -0.15) is 0 Å². The summed E-state index contributed by atoms with van der Waals surface area (Å²) < 4.78 is 0. The summed E-state index contributed by atoms with van der Waals surface area (Å²) in [6.45, 7) is 4.17. The smallest absolute Gasteiger partial charge is 0.163 e. The third-order valence-electron chi connectivity index (χ3n) is 3.10. The molecular formula is C16H15N3S. The van der Waals surface area contributed by atoms with Gasteiger partial charge in [-0.25, -0.2) is 9.97 Å². The molecule has 0 aliphatic carbocycles. The van der Waals surface area contributed by atoms with Gasteiger partial charge in [0, 0.05) is 26.9 Å². The minimum absolute atomic E-state index is 0.497. The number of nitrogens with zero attached hydrogens (tertiary/aromatic N) is 2. The summed E-state index contributed by atoms with van der Waals surface area (Å²) in [7, 11) is 0. The minimum Gasteiger partial charge on any atom is -0.384 e. The summed E-state index contributed by atoms with van der Waals surface area (Å²) in [5, 5.41) is 0. The summed E-state index contributed by atoms with van der Waals surface area (Å²) in [6, 6.07) is 14.0. The van der Waals surface area contributed by atoms with Crippen LogP contribution in [0.1, 0.15) is 9.75 Å². The van der Waals surface area contributed by atoms with E-state index in [1.807, 2.05) is 36.4 Å². The molecule has 2 aromatic heterocycles. The Bertz CT molecular complexity index is 748. The van der Waals surface area contributed by atoms with Crippen LogP contribution in [0.4, 0.5) is 5.82 Å².